The Morgan fingerprint density at radius 1 is 1.53 bits per heavy atom. The fourth-order valence-electron chi connectivity index (χ4n) is 1.27. The Balaban J connectivity index is 2.57. The van der Waals surface area contributed by atoms with Crippen molar-refractivity contribution in [1.82, 2.24) is 4.90 Å². The monoisotopic (exact) mass is 226 g/mol. The minimum Gasteiger partial charge on any atom is -0.301 e. The lowest BCUT2D eigenvalue weighted by Gasteiger charge is -2.14. The van der Waals surface area contributed by atoms with E-state index in [9.17, 15) is 4.39 Å². The molecule has 15 heavy (non-hydrogen) atoms. The maximum absolute atomic E-state index is 12.9. The van der Waals surface area contributed by atoms with Crippen LogP contribution in [0.4, 0.5) is 4.39 Å². The van der Waals surface area contributed by atoms with Crippen LogP contribution in [0, 0.1) is 17.1 Å². The number of hydrogen-bond acceptors (Lipinski definition) is 2. The second kappa shape index (κ2) is 5.69. The summed E-state index contributed by atoms with van der Waals surface area (Å²) in [7, 11) is 1.91. The van der Waals surface area contributed by atoms with Crippen molar-refractivity contribution in [2.45, 2.75) is 13.0 Å². The van der Waals surface area contributed by atoms with Gasteiger partial charge >= 0.3 is 0 Å². The summed E-state index contributed by atoms with van der Waals surface area (Å²) in [5.74, 6) is -0.403. The highest BCUT2D eigenvalue weighted by atomic mass is 35.5. The molecule has 0 unspecified atom stereocenters. The van der Waals surface area contributed by atoms with E-state index >= 15 is 0 Å². The highest BCUT2D eigenvalue weighted by molar-refractivity contribution is 6.30. The summed E-state index contributed by atoms with van der Waals surface area (Å²) in [5.41, 5.74) is 0.946. The molecule has 0 aromatic heterocycles. The number of benzene rings is 1. The molecule has 0 amide bonds. The van der Waals surface area contributed by atoms with Crippen molar-refractivity contribution in [3.63, 3.8) is 0 Å². The first-order valence-electron chi connectivity index (χ1n) is 4.63. The Morgan fingerprint density at radius 3 is 2.87 bits per heavy atom. The summed E-state index contributed by atoms with van der Waals surface area (Å²) in [6, 6.07) is 6.74. The molecule has 0 radical (unpaired) electrons. The molecule has 0 fully saturated rings. The molecule has 0 saturated heterocycles. The van der Waals surface area contributed by atoms with E-state index in [-0.39, 0.29) is 5.02 Å². The van der Waals surface area contributed by atoms with E-state index in [1.807, 2.05) is 11.9 Å². The normalized spacial score (nSPS) is 10.3. The van der Waals surface area contributed by atoms with E-state index in [2.05, 4.69) is 6.07 Å². The zero-order valence-corrected chi connectivity index (χ0v) is 9.26. The number of nitriles is 1. The zero-order chi connectivity index (χ0) is 11.3. The third-order valence-electron chi connectivity index (χ3n) is 2.04. The highest BCUT2D eigenvalue weighted by Crippen LogP contribution is 2.16. The predicted octanol–water partition coefficient (Wildman–Crippen LogP) is 2.82. The molecular weight excluding hydrogens is 215 g/mol. The van der Waals surface area contributed by atoms with E-state index in [0.717, 1.165) is 5.56 Å². The number of nitrogens with zero attached hydrogens (tertiary/aromatic N) is 2. The largest absolute Gasteiger partial charge is 0.301 e. The minimum absolute atomic E-state index is 0.140. The lowest BCUT2D eigenvalue weighted by molar-refractivity contribution is 0.335. The van der Waals surface area contributed by atoms with Crippen LogP contribution in [0.15, 0.2) is 18.2 Å². The second-order valence-corrected chi connectivity index (χ2v) is 3.80. The van der Waals surface area contributed by atoms with Gasteiger partial charge in [0.1, 0.15) is 5.82 Å². The Morgan fingerprint density at radius 2 is 2.27 bits per heavy atom. The molecule has 0 bridgehead atoms. The molecule has 0 atom stereocenters. The van der Waals surface area contributed by atoms with Gasteiger partial charge in [0.15, 0.2) is 0 Å². The topological polar surface area (TPSA) is 27.0 Å². The van der Waals surface area contributed by atoms with Gasteiger partial charge in [0.05, 0.1) is 11.1 Å². The Kier molecular flexibility index (Phi) is 4.54. The van der Waals surface area contributed by atoms with Crippen LogP contribution in [0.1, 0.15) is 12.0 Å². The molecule has 2 nitrogen and oxygen atoms in total. The quantitative estimate of drug-likeness (QED) is 0.790. The fraction of sp³-hybridized carbons (Fsp3) is 0.364. The zero-order valence-electron chi connectivity index (χ0n) is 8.50. The molecule has 80 valence electrons. The summed E-state index contributed by atoms with van der Waals surface area (Å²) >= 11 is 5.66. The summed E-state index contributed by atoms with van der Waals surface area (Å²) in [5, 5.41) is 8.55. The number of halogens is 2. The molecule has 0 aliphatic carbocycles. The molecule has 0 heterocycles. The maximum atomic E-state index is 12.9. The van der Waals surface area contributed by atoms with E-state index < -0.39 is 5.82 Å². The third-order valence-corrected chi connectivity index (χ3v) is 2.33. The smallest absolute Gasteiger partial charge is 0.141 e. The van der Waals surface area contributed by atoms with Crippen molar-refractivity contribution in [3.05, 3.63) is 34.6 Å². The van der Waals surface area contributed by atoms with Crippen LogP contribution in [0.25, 0.3) is 0 Å². The average molecular weight is 227 g/mol. The van der Waals surface area contributed by atoms with Crippen LogP contribution < -0.4 is 0 Å². The molecule has 0 spiro atoms. The molecule has 0 saturated carbocycles. The summed E-state index contributed by atoms with van der Waals surface area (Å²) in [6.07, 6.45) is 0.491. The van der Waals surface area contributed by atoms with Crippen LogP contribution in [0.2, 0.25) is 5.02 Å². The van der Waals surface area contributed by atoms with Crippen LogP contribution in [0.3, 0.4) is 0 Å². The SMILES string of the molecule is CN(CCC#N)Cc1ccc(F)c(Cl)c1. The molecule has 1 rings (SSSR count). The van der Waals surface area contributed by atoms with Crippen molar-refractivity contribution in [3.8, 4) is 6.07 Å². The number of hydrogen-bond donors (Lipinski definition) is 0. The molecule has 0 aliphatic rings. The lowest BCUT2D eigenvalue weighted by Crippen LogP contribution is -2.18. The predicted molar refractivity (Wildman–Crippen MR) is 58.0 cm³/mol. The Labute approximate surface area is 93.9 Å². The average Bonchev–Trinajstić information content (AvgIpc) is 2.20. The minimum atomic E-state index is -0.403. The fourth-order valence-corrected chi connectivity index (χ4v) is 1.47. The van der Waals surface area contributed by atoms with Gasteiger partial charge < -0.3 is 4.90 Å². The van der Waals surface area contributed by atoms with Gasteiger partial charge in [0.2, 0.25) is 0 Å². The molecule has 4 heteroatoms. The van der Waals surface area contributed by atoms with Gasteiger partial charge in [0.25, 0.3) is 0 Å². The standard InChI is InChI=1S/C11H12ClFN2/c1-15(6-2-5-14)8-9-3-4-11(13)10(12)7-9/h3-4,7H,2,6,8H2,1H3. The number of rotatable bonds is 4. The Hall–Kier alpha value is -1.11. The van der Waals surface area contributed by atoms with Gasteiger partial charge in [0, 0.05) is 19.5 Å². The van der Waals surface area contributed by atoms with E-state index in [1.54, 1.807) is 12.1 Å². The molecule has 0 N–H and O–H groups in total. The maximum Gasteiger partial charge on any atom is 0.141 e. The summed E-state index contributed by atoms with van der Waals surface area (Å²) in [6.45, 7) is 1.37. The molecule has 0 aliphatic heterocycles. The van der Waals surface area contributed by atoms with Gasteiger partial charge in [-0.05, 0) is 24.7 Å². The van der Waals surface area contributed by atoms with Crippen molar-refractivity contribution in [2.75, 3.05) is 13.6 Å². The van der Waals surface area contributed by atoms with Crippen molar-refractivity contribution in [2.24, 2.45) is 0 Å². The first kappa shape index (κ1) is 12.0. The van der Waals surface area contributed by atoms with Gasteiger partial charge in [-0.25, -0.2) is 4.39 Å². The molecule has 1 aromatic carbocycles. The van der Waals surface area contributed by atoms with Crippen LogP contribution >= 0.6 is 11.6 Å². The first-order valence-corrected chi connectivity index (χ1v) is 5.00. The van der Waals surface area contributed by atoms with E-state index in [4.69, 9.17) is 16.9 Å². The van der Waals surface area contributed by atoms with Gasteiger partial charge in [-0.15, -0.1) is 0 Å². The summed E-state index contributed by atoms with van der Waals surface area (Å²) in [4.78, 5) is 1.99. The molecule has 1 aromatic rings. The molecular formula is C11H12ClFN2. The van der Waals surface area contributed by atoms with Gasteiger partial charge in [-0.3, -0.25) is 0 Å². The van der Waals surface area contributed by atoms with E-state index in [1.165, 1.54) is 6.07 Å². The van der Waals surface area contributed by atoms with Crippen molar-refractivity contribution >= 4 is 11.6 Å². The second-order valence-electron chi connectivity index (χ2n) is 3.39. The van der Waals surface area contributed by atoms with Gasteiger partial charge in [-0.1, -0.05) is 17.7 Å². The van der Waals surface area contributed by atoms with Crippen LogP contribution in [-0.4, -0.2) is 18.5 Å². The van der Waals surface area contributed by atoms with E-state index in [0.29, 0.717) is 19.5 Å². The van der Waals surface area contributed by atoms with Crippen LogP contribution in [-0.2, 0) is 6.54 Å². The first-order chi connectivity index (χ1) is 7.13. The van der Waals surface area contributed by atoms with Crippen LogP contribution in [0.5, 0.6) is 0 Å². The highest BCUT2D eigenvalue weighted by Gasteiger charge is 2.03. The van der Waals surface area contributed by atoms with Crippen molar-refractivity contribution < 1.29 is 4.39 Å². The van der Waals surface area contributed by atoms with Crippen molar-refractivity contribution in [1.29, 1.82) is 5.26 Å². The lowest BCUT2D eigenvalue weighted by atomic mass is 10.2. The third kappa shape index (κ3) is 3.86. The Bertz CT molecular complexity index is 373. The summed E-state index contributed by atoms with van der Waals surface area (Å²) < 4.78 is 12.9. The van der Waals surface area contributed by atoms with Gasteiger partial charge in [-0.2, -0.15) is 5.26 Å².